The van der Waals surface area contributed by atoms with Crippen molar-refractivity contribution in [2.24, 2.45) is 11.8 Å². The third-order valence-electron chi connectivity index (χ3n) is 4.35. The van der Waals surface area contributed by atoms with Crippen LogP contribution in [0.3, 0.4) is 0 Å². The molecule has 1 aromatic rings. The van der Waals surface area contributed by atoms with Crippen LogP contribution in [-0.2, 0) is 4.79 Å². The van der Waals surface area contributed by atoms with Crippen molar-refractivity contribution in [3.05, 3.63) is 30.1 Å². The first-order chi connectivity index (χ1) is 8.92. The number of nitrogens with zero attached hydrogens (tertiary/aromatic N) is 1. The van der Waals surface area contributed by atoms with E-state index in [4.69, 9.17) is 0 Å². The Hall–Kier alpha value is -1.32. The maximum atomic E-state index is 14.1. The molecule has 1 heterocycles. The van der Waals surface area contributed by atoms with E-state index in [0.717, 1.165) is 0 Å². The number of alkyl halides is 2. The summed E-state index contributed by atoms with van der Waals surface area (Å²) in [5, 5.41) is 0. The molecular weight excluding hydrogens is 248 g/mol. The fourth-order valence-corrected chi connectivity index (χ4v) is 2.91. The third-order valence-corrected chi connectivity index (χ3v) is 4.35. The Kier molecular flexibility index (Phi) is 3.97. The lowest BCUT2D eigenvalue weighted by molar-refractivity contribution is -0.124. The van der Waals surface area contributed by atoms with E-state index in [0.29, 0.717) is 18.4 Å². The van der Waals surface area contributed by atoms with Crippen molar-refractivity contribution < 1.29 is 13.6 Å². The highest BCUT2D eigenvalue weighted by molar-refractivity contribution is 5.78. The highest BCUT2D eigenvalue weighted by atomic mass is 19.3. The van der Waals surface area contributed by atoms with Crippen LogP contribution in [0.1, 0.15) is 44.6 Å². The van der Waals surface area contributed by atoms with Gasteiger partial charge in [-0.1, -0.05) is 6.92 Å². The fraction of sp³-hybridized carbons (Fsp3) is 0.600. The van der Waals surface area contributed by atoms with E-state index in [2.05, 4.69) is 4.98 Å². The summed E-state index contributed by atoms with van der Waals surface area (Å²) in [6.07, 6.45) is 3.75. The van der Waals surface area contributed by atoms with Gasteiger partial charge in [0.2, 0.25) is 0 Å². The summed E-state index contributed by atoms with van der Waals surface area (Å²) in [7, 11) is 0. The Labute approximate surface area is 112 Å². The van der Waals surface area contributed by atoms with Gasteiger partial charge < -0.3 is 0 Å². The molecule has 4 heteroatoms. The number of aromatic nitrogens is 1. The van der Waals surface area contributed by atoms with E-state index in [-0.39, 0.29) is 24.0 Å². The molecule has 0 spiro atoms. The van der Waals surface area contributed by atoms with Gasteiger partial charge in [0.05, 0.1) is 0 Å². The maximum absolute atomic E-state index is 14.1. The number of ketones is 1. The molecule has 104 valence electrons. The lowest BCUT2D eigenvalue weighted by Crippen LogP contribution is -2.36. The number of hydrogen-bond donors (Lipinski definition) is 0. The molecule has 1 aromatic heterocycles. The van der Waals surface area contributed by atoms with Crippen LogP contribution < -0.4 is 0 Å². The van der Waals surface area contributed by atoms with Crippen molar-refractivity contribution >= 4 is 5.78 Å². The number of hydrogen-bond acceptors (Lipinski definition) is 2. The number of pyridine rings is 1. The van der Waals surface area contributed by atoms with Gasteiger partial charge in [0.1, 0.15) is 5.78 Å². The molecule has 1 aliphatic carbocycles. The van der Waals surface area contributed by atoms with Crippen molar-refractivity contribution in [3.63, 3.8) is 0 Å². The molecule has 0 saturated heterocycles. The second kappa shape index (κ2) is 5.35. The molecule has 0 aliphatic heterocycles. The van der Waals surface area contributed by atoms with Gasteiger partial charge in [-0.15, -0.1) is 0 Å². The summed E-state index contributed by atoms with van der Waals surface area (Å²) in [6.45, 7) is 3.39. The molecule has 0 amide bonds. The SMILES string of the molecule is CC(=O)C(C)C1CCC(F)(F)[C@@H](c2ccncc2)C1. The molecule has 3 atom stereocenters. The van der Waals surface area contributed by atoms with Crippen LogP contribution in [-0.4, -0.2) is 16.7 Å². The van der Waals surface area contributed by atoms with Crippen LogP contribution in [0.2, 0.25) is 0 Å². The molecule has 19 heavy (non-hydrogen) atoms. The molecule has 2 nitrogen and oxygen atoms in total. The van der Waals surface area contributed by atoms with Crippen molar-refractivity contribution in [2.45, 2.75) is 45.0 Å². The summed E-state index contributed by atoms with van der Waals surface area (Å²) < 4.78 is 28.2. The zero-order valence-corrected chi connectivity index (χ0v) is 11.3. The number of halogens is 2. The molecular formula is C15H19F2NO. The first-order valence-corrected chi connectivity index (χ1v) is 6.70. The number of Topliss-reactive ketones (excluding diaryl/α,β-unsaturated/α-hetero) is 1. The Morgan fingerprint density at radius 3 is 2.63 bits per heavy atom. The second-order valence-electron chi connectivity index (χ2n) is 5.53. The molecule has 0 aromatic carbocycles. The van der Waals surface area contributed by atoms with Crippen LogP contribution in [0.15, 0.2) is 24.5 Å². The van der Waals surface area contributed by atoms with Crippen molar-refractivity contribution in [3.8, 4) is 0 Å². The Morgan fingerprint density at radius 2 is 2.05 bits per heavy atom. The Morgan fingerprint density at radius 1 is 1.42 bits per heavy atom. The van der Waals surface area contributed by atoms with Gasteiger partial charge >= 0.3 is 0 Å². The average molecular weight is 267 g/mol. The van der Waals surface area contributed by atoms with Gasteiger partial charge in [0, 0.05) is 30.7 Å². The van der Waals surface area contributed by atoms with E-state index in [1.165, 1.54) is 0 Å². The predicted molar refractivity (Wildman–Crippen MR) is 69.1 cm³/mol. The summed E-state index contributed by atoms with van der Waals surface area (Å²) in [6, 6.07) is 3.30. The maximum Gasteiger partial charge on any atom is 0.254 e. The van der Waals surface area contributed by atoms with Crippen molar-refractivity contribution in [2.75, 3.05) is 0 Å². The standard InChI is InChI=1S/C15H19F2NO/c1-10(11(2)19)13-3-6-15(16,17)14(9-13)12-4-7-18-8-5-12/h4-5,7-8,10,13-14H,3,6,9H2,1-2H3/t10?,13?,14-/m1/s1. The van der Waals surface area contributed by atoms with E-state index in [1.807, 2.05) is 6.92 Å². The molecule has 1 saturated carbocycles. The van der Waals surface area contributed by atoms with Gasteiger partial charge in [0.15, 0.2) is 0 Å². The summed E-state index contributed by atoms with van der Waals surface area (Å²) >= 11 is 0. The molecule has 0 N–H and O–H groups in total. The summed E-state index contributed by atoms with van der Waals surface area (Å²) in [4.78, 5) is 15.3. The molecule has 2 rings (SSSR count). The van der Waals surface area contributed by atoms with E-state index in [1.54, 1.807) is 31.5 Å². The first-order valence-electron chi connectivity index (χ1n) is 6.70. The van der Waals surface area contributed by atoms with Gasteiger partial charge in [-0.2, -0.15) is 0 Å². The monoisotopic (exact) mass is 267 g/mol. The van der Waals surface area contributed by atoms with Crippen molar-refractivity contribution in [1.29, 1.82) is 0 Å². The molecule has 1 aliphatic rings. The summed E-state index contributed by atoms with van der Waals surface area (Å²) in [5.74, 6) is -3.48. The lowest BCUT2D eigenvalue weighted by atomic mass is 9.71. The van der Waals surface area contributed by atoms with Gasteiger partial charge in [0.25, 0.3) is 5.92 Å². The predicted octanol–water partition coefficient (Wildman–Crippen LogP) is 3.83. The zero-order chi connectivity index (χ0) is 14.0. The van der Waals surface area contributed by atoms with Gasteiger partial charge in [-0.25, -0.2) is 8.78 Å². The van der Waals surface area contributed by atoms with Crippen LogP contribution in [0.25, 0.3) is 0 Å². The summed E-state index contributed by atoms with van der Waals surface area (Å²) in [5.41, 5.74) is 0.625. The highest BCUT2D eigenvalue weighted by Crippen LogP contribution is 2.48. The van der Waals surface area contributed by atoms with Crippen LogP contribution in [0.5, 0.6) is 0 Å². The molecule has 0 bridgehead atoms. The average Bonchev–Trinajstić information content (AvgIpc) is 2.38. The Balaban J connectivity index is 2.21. The van der Waals surface area contributed by atoms with Crippen molar-refractivity contribution in [1.82, 2.24) is 4.98 Å². The molecule has 0 radical (unpaired) electrons. The third kappa shape index (κ3) is 2.99. The topological polar surface area (TPSA) is 30.0 Å². The smallest absolute Gasteiger partial charge is 0.254 e. The molecule has 2 unspecified atom stereocenters. The highest BCUT2D eigenvalue weighted by Gasteiger charge is 2.46. The van der Waals surface area contributed by atoms with Gasteiger partial charge in [-0.3, -0.25) is 9.78 Å². The first kappa shape index (κ1) is 14.1. The van der Waals surface area contributed by atoms with Crippen LogP contribution in [0.4, 0.5) is 8.78 Å². The molecule has 1 fully saturated rings. The second-order valence-corrected chi connectivity index (χ2v) is 5.53. The number of carbonyl (C=O) groups is 1. The van der Waals surface area contributed by atoms with Crippen LogP contribution >= 0.6 is 0 Å². The lowest BCUT2D eigenvalue weighted by Gasteiger charge is -2.38. The largest absolute Gasteiger partial charge is 0.300 e. The van der Waals surface area contributed by atoms with E-state index < -0.39 is 11.8 Å². The van der Waals surface area contributed by atoms with Crippen LogP contribution in [0, 0.1) is 11.8 Å². The number of carbonyl (C=O) groups excluding carboxylic acids is 1. The Bertz CT molecular complexity index is 447. The normalized spacial score (nSPS) is 27.8. The zero-order valence-electron chi connectivity index (χ0n) is 11.3. The van der Waals surface area contributed by atoms with Gasteiger partial charge in [-0.05, 0) is 43.4 Å². The minimum Gasteiger partial charge on any atom is -0.300 e. The fourth-order valence-electron chi connectivity index (χ4n) is 2.91. The minimum atomic E-state index is -2.69. The van der Waals surface area contributed by atoms with E-state index >= 15 is 0 Å². The minimum absolute atomic E-state index is 0.0512. The quantitative estimate of drug-likeness (QED) is 0.833. The number of rotatable bonds is 3. The van der Waals surface area contributed by atoms with E-state index in [9.17, 15) is 13.6 Å².